The molecule has 0 heterocycles. The van der Waals surface area contributed by atoms with E-state index in [2.05, 4.69) is 10.6 Å². The molecule has 5 nitrogen and oxygen atoms in total. The first kappa shape index (κ1) is 17.0. The minimum absolute atomic E-state index is 0.0573. The molecule has 2 aromatic rings. The highest BCUT2D eigenvalue weighted by molar-refractivity contribution is 5.99. The Morgan fingerprint density at radius 1 is 1.04 bits per heavy atom. The molecule has 2 atom stereocenters. The van der Waals surface area contributed by atoms with Crippen molar-refractivity contribution in [1.82, 2.24) is 5.32 Å². The zero-order valence-electron chi connectivity index (χ0n) is 14.4. The van der Waals surface area contributed by atoms with E-state index < -0.39 is 0 Å². The minimum Gasteiger partial charge on any atom is -0.497 e. The molecule has 1 saturated carbocycles. The van der Waals surface area contributed by atoms with Gasteiger partial charge in [-0.3, -0.25) is 9.59 Å². The lowest BCUT2D eigenvalue weighted by Gasteiger charge is -2.08. The third-order valence-corrected chi connectivity index (χ3v) is 4.54. The maximum absolute atomic E-state index is 12.3. The summed E-state index contributed by atoms with van der Waals surface area (Å²) in [5.41, 5.74) is 2.94. The van der Waals surface area contributed by atoms with E-state index in [1.165, 1.54) is 0 Å². The van der Waals surface area contributed by atoms with Crippen LogP contribution in [0.4, 0.5) is 5.69 Å². The largest absolute Gasteiger partial charge is 0.497 e. The molecule has 2 aromatic carbocycles. The number of aryl methyl sites for hydroxylation is 1. The zero-order valence-corrected chi connectivity index (χ0v) is 14.4. The summed E-state index contributed by atoms with van der Waals surface area (Å²) in [6.07, 6.45) is 0.599. The van der Waals surface area contributed by atoms with Gasteiger partial charge in [0.15, 0.2) is 0 Å². The Morgan fingerprint density at radius 3 is 2.40 bits per heavy atom. The van der Waals surface area contributed by atoms with Gasteiger partial charge < -0.3 is 15.4 Å². The van der Waals surface area contributed by atoms with Gasteiger partial charge in [-0.05, 0) is 48.7 Å². The number of methoxy groups -OCH3 is 1. The number of benzene rings is 2. The highest BCUT2D eigenvalue weighted by atomic mass is 16.5. The second-order valence-corrected chi connectivity index (χ2v) is 6.31. The van der Waals surface area contributed by atoms with Crippen molar-refractivity contribution < 1.29 is 14.3 Å². The Morgan fingerprint density at radius 2 is 1.72 bits per heavy atom. The fourth-order valence-corrected chi connectivity index (χ4v) is 2.81. The van der Waals surface area contributed by atoms with E-state index in [9.17, 15) is 9.59 Å². The number of rotatable bonds is 6. The Hall–Kier alpha value is -2.82. The van der Waals surface area contributed by atoms with Crippen LogP contribution >= 0.6 is 0 Å². The standard InChI is InChI=1S/C20H22N2O3/c1-13-5-3-4-6-14(13)12-21-19(23)17-11-18(17)20(24)22-15-7-9-16(25-2)10-8-15/h3-10,17-18H,11-12H2,1-2H3,(H,21,23)(H,22,24). The summed E-state index contributed by atoms with van der Waals surface area (Å²) in [6.45, 7) is 2.51. The van der Waals surface area contributed by atoms with Crippen LogP contribution < -0.4 is 15.4 Å². The van der Waals surface area contributed by atoms with Gasteiger partial charge in [-0.1, -0.05) is 24.3 Å². The number of amides is 2. The highest BCUT2D eigenvalue weighted by Gasteiger charge is 2.47. The molecule has 2 amide bonds. The molecule has 1 aliphatic carbocycles. The maximum atomic E-state index is 12.3. The Labute approximate surface area is 147 Å². The van der Waals surface area contributed by atoms with E-state index in [0.717, 1.165) is 16.9 Å². The lowest BCUT2D eigenvalue weighted by molar-refractivity contribution is -0.125. The normalized spacial score (nSPS) is 18.3. The van der Waals surface area contributed by atoms with E-state index in [4.69, 9.17) is 4.74 Å². The van der Waals surface area contributed by atoms with Crippen LogP contribution in [0, 0.1) is 18.8 Å². The van der Waals surface area contributed by atoms with Crippen LogP contribution in [0.5, 0.6) is 5.75 Å². The van der Waals surface area contributed by atoms with Gasteiger partial charge in [-0.25, -0.2) is 0 Å². The van der Waals surface area contributed by atoms with E-state index >= 15 is 0 Å². The molecule has 0 radical (unpaired) electrons. The lowest BCUT2D eigenvalue weighted by atomic mass is 10.1. The number of hydrogen-bond donors (Lipinski definition) is 2. The topological polar surface area (TPSA) is 67.4 Å². The van der Waals surface area contributed by atoms with Gasteiger partial charge in [0, 0.05) is 12.2 Å². The summed E-state index contributed by atoms with van der Waals surface area (Å²) in [5.74, 6) is 0.0819. The second kappa shape index (κ2) is 7.38. The molecule has 3 rings (SSSR count). The maximum Gasteiger partial charge on any atom is 0.228 e. The monoisotopic (exact) mass is 338 g/mol. The summed E-state index contributed by atoms with van der Waals surface area (Å²) >= 11 is 0. The van der Waals surface area contributed by atoms with Crippen LogP contribution in [0.1, 0.15) is 17.5 Å². The summed E-state index contributed by atoms with van der Waals surface area (Å²) in [4.78, 5) is 24.5. The molecule has 2 unspecified atom stereocenters. The minimum atomic E-state index is -0.251. The van der Waals surface area contributed by atoms with Crippen molar-refractivity contribution >= 4 is 17.5 Å². The van der Waals surface area contributed by atoms with Gasteiger partial charge in [0.2, 0.25) is 11.8 Å². The molecule has 25 heavy (non-hydrogen) atoms. The van der Waals surface area contributed by atoms with Crippen molar-refractivity contribution in [3.05, 3.63) is 59.7 Å². The van der Waals surface area contributed by atoms with Gasteiger partial charge in [0.05, 0.1) is 18.9 Å². The lowest BCUT2D eigenvalue weighted by Crippen LogP contribution is -2.27. The molecule has 2 N–H and O–H groups in total. The number of ether oxygens (including phenoxy) is 1. The molecule has 0 aliphatic heterocycles. The van der Waals surface area contributed by atoms with Crippen molar-refractivity contribution in [2.75, 3.05) is 12.4 Å². The van der Waals surface area contributed by atoms with Gasteiger partial charge >= 0.3 is 0 Å². The first-order chi connectivity index (χ1) is 12.1. The fraction of sp³-hybridized carbons (Fsp3) is 0.300. The summed E-state index contributed by atoms with van der Waals surface area (Å²) in [5, 5.41) is 5.78. The van der Waals surface area contributed by atoms with Crippen molar-refractivity contribution in [3.8, 4) is 5.75 Å². The van der Waals surface area contributed by atoms with Gasteiger partial charge in [-0.2, -0.15) is 0 Å². The molecule has 0 bridgehead atoms. The van der Waals surface area contributed by atoms with Crippen molar-refractivity contribution in [2.45, 2.75) is 19.9 Å². The number of carbonyl (C=O) groups is 2. The first-order valence-corrected chi connectivity index (χ1v) is 8.35. The van der Waals surface area contributed by atoms with E-state index in [0.29, 0.717) is 18.7 Å². The van der Waals surface area contributed by atoms with Gasteiger partial charge in [-0.15, -0.1) is 0 Å². The molecule has 0 aromatic heterocycles. The summed E-state index contributed by atoms with van der Waals surface area (Å²) in [7, 11) is 1.60. The predicted octanol–water partition coefficient (Wildman–Crippen LogP) is 2.89. The van der Waals surface area contributed by atoms with E-state index in [1.54, 1.807) is 31.4 Å². The molecule has 0 saturated heterocycles. The van der Waals surface area contributed by atoms with Crippen LogP contribution in [0.25, 0.3) is 0 Å². The van der Waals surface area contributed by atoms with Gasteiger partial charge in [0.25, 0.3) is 0 Å². The SMILES string of the molecule is COc1ccc(NC(=O)C2CC2C(=O)NCc2ccccc2C)cc1. The van der Waals surface area contributed by atoms with Crippen LogP contribution in [-0.2, 0) is 16.1 Å². The van der Waals surface area contributed by atoms with Gasteiger partial charge in [0.1, 0.15) is 5.75 Å². The Bertz CT molecular complexity index is 771. The summed E-state index contributed by atoms with van der Waals surface area (Å²) < 4.78 is 5.09. The van der Waals surface area contributed by atoms with Crippen LogP contribution in [-0.4, -0.2) is 18.9 Å². The predicted molar refractivity (Wildman–Crippen MR) is 96.2 cm³/mol. The second-order valence-electron chi connectivity index (χ2n) is 6.31. The average molecular weight is 338 g/mol. The molecule has 5 heteroatoms. The third kappa shape index (κ3) is 4.18. The zero-order chi connectivity index (χ0) is 17.8. The molecule has 1 fully saturated rings. The highest BCUT2D eigenvalue weighted by Crippen LogP contribution is 2.39. The average Bonchev–Trinajstić information content (AvgIpc) is 3.42. The third-order valence-electron chi connectivity index (χ3n) is 4.54. The van der Waals surface area contributed by atoms with Crippen molar-refractivity contribution in [3.63, 3.8) is 0 Å². The Balaban J connectivity index is 1.48. The van der Waals surface area contributed by atoms with E-state index in [-0.39, 0.29) is 23.7 Å². The summed E-state index contributed by atoms with van der Waals surface area (Å²) in [6, 6.07) is 15.1. The molecule has 0 spiro atoms. The number of nitrogens with one attached hydrogen (secondary N) is 2. The molecule has 1 aliphatic rings. The smallest absolute Gasteiger partial charge is 0.228 e. The molecule has 130 valence electrons. The van der Waals surface area contributed by atoms with Crippen LogP contribution in [0.15, 0.2) is 48.5 Å². The number of hydrogen-bond acceptors (Lipinski definition) is 3. The quantitative estimate of drug-likeness (QED) is 0.851. The number of anilines is 1. The number of carbonyl (C=O) groups excluding carboxylic acids is 2. The molecular formula is C20H22N2O3. The van der Waals surface area contributed by atoms with E-state index in [1.807, 2.05) is 31.2 Å². The Kier molecular flexibility index (Phi) is 5.03. The van der Waals surface area contributed by atoms with Crippen molar-refractivity contribution in [2.24, 2.45) is 11.8 Å². The van der Waals surface area contributed by atoms with Crippen LogP contribution in [0.2, 0.25) is 0 Å². The van der Waals surface area contributed by atoms with Crippen LogP contribution in [0.3, 0.4) is 0 Å². The molecular weight excluding hydrogens is 316 g/mol. The fourth-order valence-electron chi connectivity index (χ4n) is 2.81. The van der Waals surface area contributed by atoms with Crippen molar-refractivity contribution in [1.29, 1.82) is 0 Å². The first-order valence-electron chi connectivity index (χ1n) is 8.35.